The number of hydrogen-bond donors (Lipinski definition) is 1. The van der Waals surface area contributed by atoms with E-state index in [1.165, 1.54) is 0 Å². The van der Waals surface area contributed by atoms with Gasteiger partial charge in [-0.1, -0.05) is 0 Å². The van der Waals surface area contributed by atoms with Gasteiger partial charge in [0.2, 0.25) is 0 Å². The molecule has 3 rings (SSSR count). The van der Waals surface area contributed by atoms with E-state index in [-0.39, 0.29) is 17.5 Å². The van der Waals surface area contributed by atoms with Crippen molar-refractivity contribution in [2.24, 2.45) is 5.92 Å². The van der Waals surface area contributed by atoms with Crippen LogP contribution in [0.1, 0.15) is 38.4 Å². The maximum absolute atomic E-state index is 9.60. The molecule has 3 nitrogen and oxygen atoms in total. The van der Waals surface area contributed by atoms with Crippen molar-refractivity contribution in [1.82, 2.24) is 0 Å². The van der Waals surface area contributed by atoms with Gasteiger partial charge < -0.3 is 14.6 Å². The first-order chi connectivity index (χ1) is 8.08. The molecule has 17 heavy (non-hydrogen) atoms. The van der Waals surface area contributed by atoms with Crippen LogP contribution < -0.4 is 4.74 Å². The van der Waals surface area contributed by atoms with Crippen molar-refractivity contribution in [3.63, 3.8) is 0 Å². The molecule has 1 aromatic rings. The summed E-state index contributed by atoms with van der Waals surface area (Å²) in [5, 5.41) is 9.60. The minimum absolute atomic E-state index is 0.0644. The van der Waals surface area contributed by atoms with Crippen molar-refractivity contribution in [2.75, 3.05) is 6.61 Å². The average molecular weight is 234 g/mol. The number of phenols is 1. The Bertz CT molecular complexity index is 439. The van der Waals surface area contributed by atoms with Crippen LogP contribution in [0.5, 0.6) is 11.5 Å². The smallest absolute Gasteiger partial charge is 0.126 e. The zero-order valence-electron chi connectivity index (χ0n) is 10.3. The highest BCUT2D eigenvalue weighted by Crippen LogP contribution is 2.49. The lowest BCUT2D eigenvalue weighted by molar-refractivity contribution is -0.116. The number of hydrogen-bond acceptors (Lipinski definition) is 3. The van der Waals surface area contributed by atoms with Gasteiger partial charge >= 0.3 is 0 Å². The number of fused-ring (bicyclic) bond motifs is 3. The summed E-state index contributed by atoms with van der Waals surface area (Å²) in [5.41, 5.74) is 0.795. The number of aromatic hydroxyl groups is 1. The number of ether oxygens (including phenoxy) is 2. The predicted octanol–water partition coefficient (Wildman–Crippen LogP) is 3.03. The molecule has 1 saturated heterocycles. The Morgan fingerprint density at radius 2 is 2.18 bits per heavy atom. The lowest BCUT2D eigenvalue weighted by atomic mass is 9.76. The van der Waals surface area contributed by atoms with Crippen LogP contribution in [0.4, 0.5) is 0 Å². The van der Waals surface area contributed by atoms with E-state index in [4.69, 9.17) is 9.47 Å². The third-order valence-electron chi connectivity index (χ3n) is 3.89. The van der Waals surface area contributed by atoms with E-state index < -0.39 is 0 Å². The highest BCUT2D eigenvalue weighted by molar-refractivity contribution is 5.43. The summed E-state index contributed by atoms with van der Waals surface area (Å²) < 4.78 is 12.0. The number of rotatable bonds is 0. The van der Waals surface area contributed by atoms with Gasteiger partial charge in [0, 0.05) is 18.1 Å². The van der Waals surface area contributed by atoms with Crippen LogP contribution in [-0.4, -0.2) is 17.3 Å². The van der Waals surface area contributed by atoms with Crippen LogP contribution in [0.25, 0.3) is 0 Å². The van der Waals surface area contributed by atoms with Crippen LogP contribution >= 0.6 is 0 Å². The molecular formula is C14H18O3. The molecule has 0 saturated carbocycles. The summed E-state index contributed by atoms with van der Waals surface area (Å²) in [5.74, 6) is 1.49. The summed E-state index contributed by atoms with van der Waals surface area (Å²) in [6.07, 6.45) is 2.27. The molecule has 0 unspecified atom stereocenters. The molecule has 1 aromatic carbocycles. The van der Waals surface area contributed by atoms with Crippen molar-refractivity contribution in [3.8, 4) is 11.5 Å². The average Bonchev–Trinajstić information content (AvgIpc) is 2.30. The van der Waals surface area contributed by atoms with Gasteiger partial charge in [0.1, 0.15) is 17.1 Å². The minimum Gasteiger partial charge on any atom is -0.508 e. The van der Waals surface area contributed by atoms with E-state index >= 15 is 0 Å². The zero-order chi connectivity index (χ0) is 12.0. The molecule has 0 spiro atoms. The van der Waals surface area contributed by atoms with Gasteiger partial charge in [-0.05, 0) is 44.9 Å². The molecule has 92 valence electrons. The van der Waals surface area contributed by atoms with Crippen LogP contribution in [0.3, 0.4) is 0 Å². The fourth-order valence-corrected chi connectivity index (χ4v) is 3.01. The Morgan fingerprint density at radius 1 is 1.35 bits per heavy atom. The van der Waals surface area contributed by atoms with Gasteiger partial charge in [-0.3, -0.25) is 0 Å². The van der Waals surface area contributed by atoms with Crippen LogP contribution in [0, 0.1) is 5.92 Å². The van der Waals surface area contributed by atoms with Crippen molar-refractivity contribution < 1.29 is 14.6 Å². The van der Waals surface area contributed by atoms with Crippen LogP contribution in [-0.2, 0) is 4.74 Å². The molecule has 1 fully saturated rings. The highest BCUT2D eigenvalue weighted by Gasteiger charge is 2.45. The van der Waals surface area contributed by atoms with Gasteiger partial charge in [-0.2, -0.15) is 0 Å². The summed E-state index contributed by atoms with van der Waals surface area (Å²) in [6.45, 7) is 5.04. The summed E-state index contributed by atoms with van der Waals surface area (Å²) in [7, 11) is 0. The molecule has 2 atom stereocenters. The molecule has 3 heteroatoms. The van der Waals surface area contributed by atoms with E-state index in [0.717, 1.165) is 30.8 Å². The number of phenolic OH excluding ortho intramolecular Hbond substituents is 1. The van der Waals surface area contributed by atoms with Crippen molar-refractivity contribution in [1.29, 1.82) is 0 Å². The standard InChI is InChI=1S/C14H18O3/c1-14(2)11-4-3-7-16-13(11)10-8-9(15)5-6-12(10)17-14/h5-6,8,11,13,15H,3-4,7H2,1-2H3/t11-,13+/m0/s1. The monoisotopic (exact) mass is 234 g/mol. The van der Waals surface area contributed by atoms with Crippen molar-refractivity contribution in [2.45, 2.75) is 38.4 Å². The van der Waals surface area contributed by atoms with Gasteiger partial charge in [-0.25, -0.2) is 0 Å². The Hall–Kier alpha value is -1.22. The molecule has 1 N–H and O–H groups in total. The Kier molecular flexibility index (Phi) is 2.33. The lowest BCUT2D eigenvalue weighted by Crippen LogP contribution is -2.46. The maximum atomic E-state index is 9.60. The largest absolute Gasteiger partial charge is 0.508 e. The van der Waals surface area contributed by atoms with E-state index in [1.54, 1.807) is 12.1 Å². The minimum atomic E-state index is -0.199. The van der Waals surface area contributed by atoms with E-state index in [9.17, 15) is 5.11 Å². The molecule has 0 aromatic heterocycles. The van der Waals surface area contributed by atoms with Crippen molar-refractivity contribution >= 4 is 0 Å². The Labute approximate surface area is 101 Å². The summed E-state index contributed by atoms with van der Waals surface area (Å²) >= 11 is 0. The highest BCUT2D eigenvalue weighted by atomic mass is 16.5. The fourth-order valence-electron chi connectivity index (χ4n) is 3.01. The van der Waals surface area contributed by atoms with Crippen LogP contribution in [0.15, 0.2) is 18.2 Å². The van der Waals surface area contributed by atoms with Gasteiger partial charge in [0.25, 0.3) is 0 Å². The quantitative estimate of drug-likeness (QED) is 0.750. The van der Waals surface area contributed by atoms with Gasteiger partial charge in [0.05, 0.1) is 6.10 Å². The van der Waals surface area contributed by atoms with Gasteiger partial charge in [-0.15, -0.1) is 0 Å². The molecule has 2 heterocycles. The zero-order valence-corrected chi connectivity index (χ0v) is 10.3. The third kappa shape index (κ3) is 1.69. The molecule has 0 aliphatic carbocycles. The second-order valence-electron chi connectivity index (χ2n) is 5.47. The lowest BCUT2D eigenvalue weighted by Gasteiger charge is -2.46. The fraction of sp³-hybridized carbons (Fsp3) is 0.571. The van der Waals surface area contributed by atoms with E-state index in [1.807, 2.05) is 6.07 Å². The second kappa shape index (κ2) is 3.64. The Balaban J connectivity index is 2.08. The molecular weight excluding hydrogens is 216 g/mol. The molecule has 0 radical (unpaired) electrons. The molecule has 0 amide bonds. The molecule has 0 bridgehead atoms. The first kappa shape index (κ1) is 10.9. The third-order valence-corrected chi connectivity index (χ3v) is 3.89. The SMILES string of the molecule is CC1(C)Oc2ccc(O)cc2[C@H]2OCCC[C@@H]21. The first-order valence-electron chi connectivity index (χ1n) is 6.21. The van der Waals surface area contributed by atoms with E-state index in [0.29, 0.717) is 5.92 Å². The van der Waals surface area contributed by atoms with Gasteiger partial charge in [0.15, 0.2) is 0 Å². The Morgan fingerprint density at radius 3 is 3.00 bits per heavy atom. The second-order valence-corrected chi connectivity index (χ2v) is 5.47. The number of benzene rings is 1. The predicted molar refractivity (Wildman–Crippen MR) is 64.2 cm³/mol. The topological polar surface area (TPSA) is 38.7 Å². The molecule has 2 aliphatic rings. The van der Waals surface area contributed by atoms with Crippen LogP contribution in [0.2, 0.25) is 0 Å². The maximum Gasteiger partial charge on any atom is 0.126 e. The van der Waals surface area contributed by atoms with Crippen molar-refractivity contribution in [3.05, 3.63) is 23.8 Å². The first-order valence-corrected chi connectivity index (χ1v) is 6.21. The summed E-state index contributed by atoms with van der Waals surface area (Å²) in [6, 6.07) is 5.27. The van der Waals surface area contributed by atoms with E-state index in [2.05, 4.69) is 13.8 Å². The summed E-state index contributed by atoms with van der Waals surface area (Å²) in [4.78, 5) is 0. The molecule has 2 aliphatic heterocycles. The normalized spacial score (nSPS) is 30.0.